The minimum atomic E-state index is 0.0268. The van der Waals surface area contributed by atoms with Crippen molar-refractivity contribution < 1.29 is 9.59 Å². The van der Waals surface area contributed by atoms with E-state index in [9.17, 15) is 9.59 Å². The molecule has 5 heteroatoms. The lowest BCUT2D eigenvalue weighted by atomic mass is 9.48. The third-order valence-electron chi connectivity index (χ3n) is 8.23. The van der Waals surface area contributed by atoms with Gasteiger partial charge in [0.1, 0.15) is 0 Å². The van der Waals surface area contributed by atoms with Crippen LogP contribution in [-0.2, 0) is 9.59 Å². The molecule has 4 aliphatic carbocycles. The Morgan fingerprint density at radius 1 is 1.10 bits per heavy atom. The van der Waals surface area contributed by atoms with Crippen LogP contribution in [0.4, 0.5) is 0 Å². The Labute approximate surface area is 176 Å². The highest BCUT2D eigenvalue weighted by Crippen LogP contribution is 2.62. The summed E-state index contributed by atoms with van der Waals surface area (Å²) in [5.41, 5.74) is 1.65. The Balaban J connectivity index is 1.24. The third-order valence-corrected chi connectivity index (χ3v) is 8.23. The lowest BCUT2D eigenvalue weighted by Crippen LogP contribution is -2.46. The summed E-state index contributed by atoms with van der Waals surface area (Å²) in [6.45, 7) is 4.75. The minimum Gasteiger partial charge on any atom is -0.353 e. The Bertz CT molecular complexity index is 634. The third kappa shape index (κ3) is 4.40. The van der Waals surface area contributed by atoms with Gasteiger partial charge in [-0.15, -0.1) is 0 Å². The second-order valence-electron chi connectivity index (χ2n) is 10.6. The van der Waals surface area contributed by atoms with Crippen LogP contribution in [0.5, 0.6) is 0 Å². The predicted molar refractivity (Wildman–Crippen MR) is 115 cm³/mol. The van der Waals surface area contributed by atoms with Crippen LogP contribution in [0.1, 0.15) is 64.7 Å². The number of carbonyl (C=O) groups excluding carboxylic acids is 2. The van der Waals surface area contributed by atoms with E-state index in [0.717, 1.165) is 50.1 Å². The molecule has 1 heterocycles. The molecule has 2 amide bonds. The number of allylic oxidation sites excluding steroid dienone is 1. The molecule has 29 heavy (non-hydrogen) atoms. The van der Waals surface area contributed by atoms with Gasteiger partial charge in [-0.25, -0.2) is 0 Å². The van der Waals surface area contributed by atoms with Crippen molar-refractivity contribution >= 4 is 11.8 Å². The second kappa shape index (κ2) is 8.41. The molecule has 4 saturated carbocycles. The van der Waals surface area contributed by atoms with Crippen molar-refractivity contribution in [1.82, 2.24) is 15.1 Å². The molecule has 0 aromatic carbocycles. The molecule has 1 aliphatic heterocycles. The van der Waals surface area contributed by atoms with Crippen LogP contribution >= 0.6 is 0 Å². The van der Waals surface area contributed by atoms with Gasteiger partial charge in [-0.1, -0.05) is 5.57 Å². The molecule has 0 aromatic heterocycles. The Morgan fingerprint density at radius 2 is 1.72 bits per heavy atom. The van der Waals surface area contributed by atoms with E-state index in [1.54, 1.807) is 4.90 Å². The summed E-state index contributed by atoms with van der Waals surface area (Å²) in [4.78, 5) is 28.8. The molecule has 162 valence electrons. The molecule has 5 rings (SSSR count). The maximum Gasteiger partial charge on any atom is 0.243 e. The van der Waals surface area contributed by atoms with Gasteiger partial charge in [0.2, 0.25) is 11.8 Å². The molecular formula is C24H39N3O2. The summed E-state index contributed by atoms with van der Waals surface area (Å²) in [6.07, 6.45) is 13.1. The lowest BCUT2D eigenvalue weighted by Gasteiger charge is -2.57. The van der Waals surface area contributed by atoms with Crippen molar-refractivity contribution in [2.24, 2.45) is 23.2 Å². The monoisotopic (exact) mass is 401 g/mol. The zero-order valence-corrected chi connectivity index (χ0v) is 18.6. The summed E-state index contributed by atoms with van der Waals surface area (Å²) in [6, 6.07) is 0.0268. The van der Waals surface area contributed by atoms with Gasteiger partial charge in [0.05, 0.1) is 6.04 Å². The average Bonchev–Trinajstić information content (AvgIpc) is 3.11. The van der Waals surface area contributed by atoms with Gasteiger partial charge in [-0.3, -0.25) is 14.5 Å². The molecule has 1 saturated heterocycles. The smallest absolute Gasteiger partial charge is 0.243 e. The van der Waals surface area contributed by atoms with Crippen molar-refractivity contribution in [2.45, 2.75) is 70.8 Å². The number of rotatable bonds is 7. The van der Waals surface area contributed by atoms with Crippen molar-refractivity contribution in [1.29, 1.82) is 0 Å². The molecule has 0 spiro atoms. The van der Waals surface area contributed by atoms with E-state index in [4.69, 9.17) is 0 Å². The number of likely N-dealkylation sites (tertiary alicyclic amines) is 1. The molecule has 1 atom stereocenters. The molecule has 1 N–H and O–H groups in total. The minimum absolute atomic E-state index is 0.0268. The quantitative estimate of drug-likeness (QED) is 0.526. The standard InChI is InChI=1S/C24H39N3O2/c1-17(24-14-18-11-19(15-24)13-20(12-18)16-24)10-22(28)25-7-5-9-27-8-4-6-21(27)23(29)26(2)3/h10,18-21H,4-9,11-16H2,1-3H3,(H,25,28). The van der Waals surface area contributed by atoms with Gasteiger partial charge in [-0.2, -0.15) is 0 Å². The lowest BCUT2D eigenvalue weighted by molar-refractivity contribution is -0.133. The molecule has 5 aliphatic rings. The normalized spacial score (nSPS) is 36.4. The SMILES string of the molecule is CC(=CC(=O)NCCCN1CCCC1C(=O)N(C)C)C12CC3CC(CC(C3)C1)C2. The second-order valence-corrected chi connectivity index (χ2v) is 10.6. The highest BCUT2D eigenvalue weighted by Gasteiger charge is 2.51. The number of likely N-dealkylation sites (N-methyl/N-ethyl adjacent to an activating group) is 1. The van der Waals surface area contributed by atoms with E-state index >= 15 is 0 Å². The molecular weight excluding hydrogens is 362 g/mol. The first-order valence-electron chi connectivity index (χ1n) is 11.8. The fourth-order valence-electron chi connectivity index (χ4n) is 7.16. The van der Waals surface area contributed by atoms with E-state index in [0.29, 0.717) is 12.0 Å². The largest absolute Gasteiger partial charge is 0.353 e. The molecule has 4 bridgehead atoms. The topological polar surface area (TPSA) is 52.7 Å². The zero-order chi connectivity index (χ0) is 20.6. The van der Waals surface area contributed by atoms with Gasteiger partial charge in [0, 0.05) is 33.3 Å². The fraction of sp³-hybridized carbons (Fsp3) is 0.833. The summed E-state index contributed by atoms with van der Waals surface area (Å²) in [5, 5.41) is 3.10. The predicted octanol–water partition coefficient (Wildman–Crippen LogP) is 3.21. The van der Waals surface area contributed by atoms with Gasteiger partial charge >= 0.3 is 0 Å². The van der Waals surface area contributed by atoms with Gasteiger partial charge in [0.25, 0.3) is 0 Å². The summed E-state index contributed by atoms with van der Waals surface area (Å²) in [7, 11) is 3.66. The van der Waals surface area contributed by atoms with Gasteiger partial charge in [-0.05, 0) is 94.4 Å². The van der Waals surface area contributed by atoms with Gasteiger partial charge in [0.15, 0.2) is 0 Å². The van der Waals surface area contributed by atoms with Crippen molar-refractivity contribution in [3.05, 3.63) is 11.6 Å². The number of carbonyl (C=O) groups is 2. The van der Waals surface area contributed by atoms with E-state index in [1.165, 1.54) is 44.1 Å². The van der Waals surface area contributed by atoms with Crippen molar-refractivity contribution in [3.63, 3.8) is 0 Å². The first-order chi connectivity index (χ1) is 13.9. The van der Waals surface area contributed by atoms with Crippen LogP contribution < -0.4 is 5.32 Å². The highest BCUT2D eigenvalue weighted by molar-refractivity contribution is 5.88. The number of hydrogen-bond donors (Lipinski definition) is 1. The maximum atomic E-state index is 12.5. The number of hydrogen-bond acceptors (Lipinski definition) is 3. The van der Waals surface area contributed by atoms with Gasteiger partial charge < -0.3 is 10.2 Å². The molecule has 5 fully saturated rings. The molecule has 1 unspecified atom stereocenters. The van der Waals surface area contributed by atoms with Crippen molar-refractivity contribution in [2.75, 3.05) is 33.7 Å². The Kier molecular flexibility index (Phi) is 6.06. The Morgan fingerprint density at radius 3 is 2.31 bits per heavy atom. The zero-order valence-electron chi connectivity index (χ0n) is 18.6. The number of nitrogens with zero attached hydrogens (tertiary/aromatic N) is 2. The van der Waals surface area contributed by atoms with Crippen LogP contribution in [0.2, 0.25) is 0 Å². The Hall–Kier alpha value is -1.36. The van der Waals surface area contributed by atoms with E-state index in [2.05, 4.69) is 17.1 Å². The van der Waals surface area contributed by atoms with E-state index in [-0.39, 0.29) is 17.9 Å². The number of amides is 2. The van der Waals surface area contributed by atoms with Crippen LogP contribution in [0.15, 0.2) is 11.6 Å². The van der Waals surface area contributed by atoms with Crippen LogP contribution in [0, 0.1) is 23.2 Å². The van der Waals surface area contributed by atoms with E-state index < -0.39 is 0 Å². The first-order valence-corrected chi connectivity index (χ1v) is 11.8. The molecule has 0 radical (unpaired) electrons. The van der Waals surface area contributed by atoms with Crippen molar-refractivity contribution in [3.8, 4) is 0 Å². The van der Waals surface area contributed by atoms with Crippen LogP contribution in [0.3, 0.4) is 0 Å². The summed E-state index contributed by atoms with van der Waals surface area (Å²) in [5.74, 6) is 3.00. The van der Waals surface area contributed by atoms with E-state index in [1.807, 2.05) is 20.2 Å². The molecule has 0 aromatic rings. The van der Waals surface area contributed by atoms with Crippen LogP contribution in [0.25, 0.3) is 0 Å². The highest BCUT2D eigenvalue weighted by atomic mass is 16.2. The van der Waals surface area contributed by atoms with Crippen LogP contribution in [-0.4, -0.2) is 61.4 Å². The number of nitrogens with one attached hydrogen (secondary N) is 1. The average molecular weight is 402 g/mol. The molecule has 5 nitrogen and oxygen atoms in total. The summed E-state index contributed by atoms with van der Waals surface area (Å²) >= 11 is 0. The fourth-order valence-corrected chi connectivity index (χ4v) is 7.16. The summed E-state index contributed by atoms with van der Waals surface area (Å²) < 4.78 is 0. The maximum absolute atomic E-state index is 12.5. The first kappa shape index (κ1) is 20.9.